The Morgan fingerprint density at radius 3 is 2.52 bits per heavy atom. The molecule has 2 atom stereocenters. The third-order valence-corrected chi connectivity index (χ3v) is 5.60. The summed E-state index contributed by atoms with van der Waals surface area (Å²) in [6, 6.07) is 7.04. The van der Waals surface area contributed by atoms with Crippen molar-refractivity contribution >= 4 is 41.5 Å². The zero-order valence-electron chi connectivity index (χ0n) is 13.2. The lowest BCUT2D eigenvalue weighted by molar-refractivity contribution is -0.132. The van der Waals surface area contributed by atoms with E-state index >= 15 is 0 Å². The minimum atomic E-state index is 0. The lowest BCUT2D eigenvalue weighted by atomic mass is 9.98. The molecule has 2 saturated heterocycles. The highest BCUT2D eigenvalue weighted by Crippen LogP contribution is 2.29. The van der Waals surface area contributed by atoms with Crippen molar-refractivity contribution in [1.82, 2.24) is 10.2 Å². The van der Waals surface area contributed by atoms with Crippen LogP contribution in [0, 0.1) is 0 Å². The van der Waals surface area contributed by atoms with Gasteiger partial charge in [0.15, 0.2) is 0 Å². The van der Waals surface area contributed by atoms with E-state index in [0.29, 0.717) is 41.0 Å². The van der Waals surface area contributed by atoms with Gasteiger partial charge < -0.3 is 10.2 Å². The molecule has 0 spiro atoms. The van der Waals surface area contributed by atoms with E-state index in [4.69, 9.17) is 23.2 Å². The van der Waals surface area contributed by atoms with Crippen LogP contribution in [-0.2, 0) is 11.2 Å². The standard InChI is InChI=1S/C17H22Cl2N2O.ClH/c1-21(15-9-13-5-6-14(10-15)20-13)17(22)7-3-11-2-4-12(18)8-16(11)19;/h2,4,8,13-15,20H,3,5-7,9-10H2,1H3;1H. The molecule has 3 rings (SSSR count). The maximum absolute atomic E-state index is 12.5. The maximum atomic E-state index is 12.5. The Bertz CT molecular complexity index is 555. The van der Waals surface area contributed by atoms with Crippen LogP contribution in [0.3, 0.4) is 0 Å². The Hall–Kier alpha value is -0.480. The number of halogens is 3. The van der Waals surface area contributed by atoms with Crippen molar-refractivity contribution in [3.63, 3.8) is 0 Å². The first-order valence-corrected chi connectivity index (χ1v) is 8.74. The van der Waals surface area contributed by atoms with Gasteiger partial charge in [-0.25, -0.2) is 0 Å². The smallest absolute Gasteiger partial charge is 0.222 e. The monoisotopic (exact) mass is 376 g/mol. The van der Waals surface area contributed by atoms with E-state index in [0.717, 1.165) is 18.4 Å². The molecular weight excluding hydrogens is 355 g/mol. The average molecular weight is 378 g/mol. The van der Waals surface area contributed by atoms with Gasteiger partial charge in [-0.3, -0.25) is 4.79 Å². The second-order valence-electron chi connectivity index (χ2n) is 6.50. The summed E-state index contributed by atoms with van der Waals surface area (Å²) in [5.41, 5.74) is 0.984. The molecule has 1 aromatic rings. The van der Waals surface area contributed by atoms with Crippen molar-refractivity contribution in [3.8, 4) is 0 Å². The molecule has 0 radical (unpaired) electrons. The molecule has 2 unspecified atom stereocenters. The third kappa shape index (κ3) is 4.54. The lowest BCUT2D eigenvalue weighted by Crippen LogP contribution is -2.48. The summed E-state index contributed by atoms with van der Waals surface area (Å²) in [6.45, 7) is 0. The van der Waals surface area contributed by atoms with Crippen molar-refractivity contribution in [2.75, 3.05) is 7.05 Å². The Balaban J connectivity index is 0.00000192. The quantitative estimate of drug-likeness (QED) is 0.857. The minimum Gasteiger partial charge on any atom is -0.343 e. The van der Waals surface area contributed by atoms with Crippen molar-refractivity contribution in [2.24, 2.45) is 0 Å². The number of piperidine rings is 1. The van der Waals surface area contributed by atoms with Gasteiger partial charge in [-0.2, -0.15) is 0 Å². The van der Waals surface area contributed by atoms with Gasteiger partial charge in [0.05, 0.1) is 0 Å². The molecule has 1 amide bonds. The second kappa shape index (κ2) is 8.06. The topological polar surface area (TPSA) is 32.3 Å². The minimum absolute atomic E-state index is 0. The highest BCUT2D eigenvalue weighted by atomic mass is 35.5. The van der Waals surface area contributed by atoms with Crippen LogP contribution in [0.1, 0.15) is 37.7 Å². The van der Waals surface area contributed by atoms with Crippen LogP contribution < -0.4 is 5.32 Å². The highest BCUT2D eigenvalue weighted by Gasteiger charge is 2.36. The molecule has 23 heavy (non-hydrogen) atoms. The Morgan fingerprint density at radius 2 is 1.91 bits per heavy atom. The average Bonchev–Trinajstić information content (AvgIpc) is 2.83. The fraction of sp³-hybridized carbons (Fsp3) is 0.588. The molecule has 6 heteroatoms. The van der Waals surface area contributed by atoms with E-state index in [9.17, 15) is 4.79 Å². The number of carbonyl (C=O) groups is 1. The summed E-state index contributed by atoms with van der Waals surface area (Å²) in [5.74, 6) is 0.206. The van der Waals surface area contributed by atoms with Crippen molar-refractivity contribution in [3.05, 3.63) is 33.8 Å². The van der Waals surface area contributed by atoms with Gasteiger partial charge >= 0.3 is 0 Å². The van der Waals surface area contributed by atoms with E-state index in [1.807, 2.05) is 24.1 Å². The van der Waals surface area contributed by atoms with Crippen LogP contribution in [0.2, 0.25) is 10.0 Å². The van der Waals surface area contributed by atoms with Gasteiger partial charge in [0.2, 0.25) is 5.91 Å². The van der Waals surface area contributed by atoms with E-state index in [2.05, 4.69) is 5.32 Å². The highest BCUT2D eigenvalue weighted by molar-refractivity contribution is 6.35. The van der Waals surface area contributed by atoms with Gasteiger partial charge in [-0.1, -0.05) is 29.3 Å². The van der Waals surface area contributed by atoms with Gasteiger partial charge in [0.1, 0.15) is 0 Å². The van der Waals surface area contributed by atoms with Crippen LogP contribution in [0.25, 0.3) is 0 Å². The second-order valence-corrected chi connectivity index (χ2v) is 7.35. The molecule has 128 valence electrons. The number of fused-ring (bicyclic) bond motifs is 2. The first-order valence-electron chi connectivity index (χ1n) is 7.98. The number of nitrogens with zero attached hydrogens (tertiary/aromatic N) is 1. The summed E-state index contributed by atoms with van der Waals surface area (Å²) in [7, 11) is 1.95. The van der Waals surface area contributed by atoms with Crippen LogP contribution in [-0.4, -0.2) is 36.0 Å². The first-order chi connectivity index (χ1) is 10.5. The molecule has 2 bridgehead atoms. The number of hydrogen-bond donors (Lipinski definition) is 1. The summed E-state index contributed by atoms with van der Waals surface area (Å²) in [6.07, 6.45) is 5.84. The normalized spacial score (nSPS) is 25.8. The summed E-state index contributed by atoms with van der Waals surface area (Å²) < 4.78 is 0. The predicted octanol–water partition coefficient (Wildman–Crippen LogP) is 4.09. The van der Waals surface area contributed by atoms with Crippen molar-refractivity contribution < 1.29 is 4.79 Å². The van der Waals surface area contributed by atoms with Crippen LogP contribution in [0.5, 0.6) is 0 Å². The van der Waals surface area contributed by atoms with Gasteiger partial charge in [0, 0.05) is 41.6 Å². The molecule has 1 aromatic carbocycles. The fourth-order valence-corrected chi connectivity index (χ4v) is 4.19. The predicted molar refractivity (Wildman–Crippen MR) is 97.8 cm³/mol. The van der Waals surface area contributed by atoms with E-state index < -0.39 is 0 Å². The SMILES string of the molecule is CN(C(=O)CCc1ccc(Cl)cc1Cl)C1CC2CCC(C1)N2.Cl. The molecule has 0 saturated carbocycles. The zero-order chi connectivity index (χ0) is 15.7. The Morgan fingerprint density at radius 1 is 1.26 bits per heavy atom. The molecule has 0 aliphatic carbocycles. The van der Waals surface area contributed by atoms with Gasteiger partial charge in [-0.05, 0) is 49.8 Å². The number of rotatable bonds is 4. The molecule has 2 aliphatic rings. The molecule has 2 heterocycles. The van der Waals surface area contributed by atoms with Gasteiger partial charge in [-0.15, -0.1) is 12.4 Å². The Labute approximate surface area is 154 Å². The molecule has 2 aliphatic heterocycles. The number of hydrogen-bond acceptors (Lipinski definition) is 2. The number of benzene rings is 1. The van der Waals surface area contributed by atoms with Crippen molar-refractivity contribution in [2.45, 2.75) is 56.7 Å². The van der Waals surface area contributed by atoms with E-state index in [1.54, 1.807) is 6.07 Å². The van der Waals surface area contributed by atoms with Crippen LogP contribution in [0.15, 0.2) is 18.2 Å². The molecule has 0 aromatic heterocycles. The van der Waals surface area contributed by atoms with Gasteiger partial charge in [0.25, 0.3) is 0 Å². The molecule has 1 N–H and O–H groups in total. The zero-order valence-corrected chi connectivity index (χ0v) is 15.6. The summed E-state index contributed by atoms with van der Waals surface area (Å²) in [5, 5.41) is 4.89. The van der Waals surface area contributed by atoms with Crippen molar-refractivity contribution in [1.29, 1.82) is 0 Å². The molecular formula is C17H23Cl3N2O. The fourth-order valence-electron chi connectivity index (χ4n) is 3.69. The number of carbonyl (C=O) groups excluding carboxylic acids is 1. The van der Waals surface area contributed by atoms with Crippen LogP contribution in [0.4, 0.5) is 0 Å². The first kappa shape index (κ1) is 18.9. The van der Waals surface area contributed by atoms with E-state index in [1.165, 1.54) is 12.8 Å². The van der Waals surface area contributed by atoms with Crippen LogP contribution >= 0.6 is 35.6 Å². The number of amides is 1. The molecule has 3 nitrogen and oxygen atoms in total. The largest absolute Gasteiger partial charge is 0.343 e. The Kier molecular flexibility index (Phi) is 6.61. The summed E-state index contributed by atoms with van der Waals surface area (Å²) >= 11 is 12.1. The number of nitrogens with one attached hydrogen (secondary N) is 1. The maximum Gasteiger partial charge on any atom is 0.222 e. The molecule has 2 fully saturated rings. The third-order valence-electron chi connectivity index (χ3n) is 5.01. The van der Waals surface area contributed by atoms with E-state index in [-0.39, 0.29) is 18.3 Å². The number of aryl methyl sites for hydroxylation is 1. The summed E-state index contributed by atoms with van der Waals surface area (Å²) in [4.78, 5) is 14.4. The lowest BCUT2D eigenvalue weighted by Gasteiger charge is -2.35.